The van der Waals surface area contributed by atoms with Crippen molar-refractivity contribution in [3.8, 4) is 5.75 Å². The summed E-state index contributed by atoms with van der Waals surface area (Å²) in [5.74, 6) is 0.889. The van der Waals surface area contributed by atoms with Gasteiger partial charge in [0.05, 0.1) is 4.47 Å². The standard InChI is InChI=1S/C22H26BrNO/c23-21-15-20(16-24-14-13-18-7-3-1-4-8-18)11-12-22(21)25-17-19-9-5-2-6-10-19/h2,5-7,9-12,15,24H,1,3-4,8,13-14,16-17H2. The molecule has 0 saturated heterocycles. The van der Waals surface area contributed by atoms with Crippen molar-refractivity contribution in [1.29, 1.82) is 0 Å². The minimum atomic E-state index is 0.589. The summed E-state index contributed by atoms with van der Waals surface area (Å²) in [5, 5.41) is 3.55. The van der Waals surface area contributed by atoms with Crippen LogP contribution in [0.5, 0.6) is 5.75 Å². The zero-order chi connectivity index (χ0) is 17.3. The maximum Gasteiger partial charge on any atom is 0.134 e. The van der Waals surface area contributed by atoms with Crippen LogP contribution in [-0.2, 0) is 13.2 Å². The SMILES string of the molecule is Brc1cc(CNCCC2=CCCCC2)ccc1OCc1ccccc1. The van der Waals surface area contributed by atoms with E-state index in [4.69, 9.17) is 4.74 Å². The lowest BCUT2D eigenvalue weighted by Crippen LogP contribution is -2.15. The van der Waals surface area contributed by atoms with E-state index in [0.717, 1.165) is 23.3 Å². The Labute approximate surface area is 159 Å². The van der Waals surface area contributed by atoms with E-state index in [1.165, 1.54) is 43.2 Å². The van der Waals surface area contributed by atoms with E-state index in [1.54, 1.807) is 5.57 Å². The van der Waals surface area contributed by atoms with Gasteiger partial charge in [-0.3, -0.25) is 0 Å². The fourth-order valence-corrected chi connectivity index (χ4v) is 3.66. The minimum absolute atomic E-state index is 0.589. The van der Waals surface area contributed by atoms with Crippen LogP contribution in [-0.4, -0.2) is 6.54 Å². The van der Waals surface area contributed by atoms with Crippen molar-refractivity contribution in [3.63, 3.8) is 0 Å². The predicted molar refractivity (Wildman–Crippen MR) is 108 cm³/mol. The van der Waals surface area contributed by atoms with Gasteiger partial charge in [-0.2, -0.15) is 0 Å². The Hall–Kier alpha value is -1.58. The molecule has 1 N–H and O–H groups in total. The molecule has 0 saturated carbocycles. The molecule has 1 aliphatic rings. The second kappa shape index (κ2) is 9.79. The van der Waals surface area contributed by atoms with Crippen molar-refractivity contribution in [2.24, 2.45) is 0 Å². The smallest absolute Gasteiger partial charge is 0.134 e. The number of benzene rings is 2. The van der Waals surface area contributed by atoms with Crippen LogP contribution in [0.4, 0.5) is 0 Å². The van der Waals surface area contributed by atoms with E-state index in [0.29, 0.717) is 6.61 Å². The molecule has 0 spiro atoms. The third-order valence-electron chi connectivity index (χ3n) is 4.57. The Bertz CT molecular complexity index is 696. The minimum Gasteiger partial charge on any atom is -0.488 e. The summed E-state index contributed by atoms with van der Waals surface area (Å²) >= 11 is 3.63. The highest BCUT2D eigenvalue weighted by Gasteiger charge is 2.05. The van der Waals surface area contributed by atoms with Crippen LogP contribution in [0.1, 0.15) is 43.2 Å². The highest BCUT2D eigenvalue weighted by atomic mass is 79.9. The van der Waals surface area contributed by atoms with Gasteiger partial charge >= 0.3 is 0 Å². The second-order valence-corrected chi connectivity index (χ2v) is 7.43. The molecule has 3 heteroatoms. The first-order valence-corrected chi connectivity index (χ1v) is 9.94. The van der Waals surface area contributed by atoms with Crippen molar-refractivity contribution in [3.05, 3.63) is 75.8 Å². The molecule has 3 rings (SSSR count). The molecule has 25 heavy (non-hydrogen) atoms. The molecule has 0 radical (unpaired) electrons. The van der Waals surface area contributed by atoms with Crippen LogP contribution in [0.15, 0.2) is 64.7 Å². The molecule has 0 atom stereocenters. The number of ether oxygens (including phenoxy) is 1. The largest absolute Gasteiger partial charge is 0.488 e. The number of halogens is 1. The van der Waals surface area contributed by atoms with Gasteiger partial charge in [0.1, 0.15) is 12.4 Å². The normalized spacial score (nSPS) is 14.2. The third kappa shape index (κ3) is 6.02. The average molecular weight is 400 g/mol. The first kappa shape index (κ1) is 18.2. The van der Waals surface area contributed by atoms with E-state index in [9.17, 15) is 0 Å². The Balaban J connectivity index is 1.44. The van der Waals surface area contributed by atoms with Gasteiger partial charge in [-0.05, 0) is 77.8 Å². The summed E-state index contributed by atoms with van der Waals surface area (Å²) in [6.07, 6.45) is 8.90. The average Bonchev–Trinajstić information content (AvgIpc) is 2.66. The molecule has 0 fully saturated rings. The van der Waals surface area contributed by atoms with Crippen LogP contribution < -0.4 is 10.1 Å². The van der Waals surface area contributed by atoms with Gasteiger partial charge in [-0.1, -0.05) is 48.0 Å². The van der Waals surface area contributed by atoms with E-state index in [1.807, 2.05) is 24.3 Å². The molecule has 1 aliphatic carbocycles. The predicted octanol–water partition coefficient (Wildman–Crippen LogP) is 6.01. The maximum atomic E-state index is 5.91. The highest BCUT2D eigenvalue weighted by Crippen LogP contribution is 2.27. The first-order chi connectivity index (χ1) is 12.3. The van der Waals surface area contributed by atoms with E-state index in [2.05, 4.69) is 51.6 Å². The Morgan fingerprint density at radius 1 is 1.00 bits per heavy atom. The van der Waals surface area contributed by atoms with Crippen LogP contribution in [0.3, 0.4) is 0 Å². The number of allylic oxidation sites excluding steroid dienone is 1. The lowest BCUT2D eigenvalue weighted by molar-refractivity contribution is 0.304. The fraction of sp³-hybridized carbons (Fsp3) is 0.364. The molecule has 2 nitrogen and oxygen atoms in total. The molecule has 0 amide bonds. The number of hydrogen-bond donors (Lipinski definition) is 1. The van der Waals surface area contributed by atoms with Crippen molar-refractivity contribution < 1.29 is 4.74 Å². The molecule has 2 aromatic carbocycles. The third-order valence-corrected chi connectivity index (χ3v) is 5.19. The quantitative estimate of drug-likeness (QED) is 0.433. The Kier molecular flexibility index (Phi) is 7.13. The second-order valence-electron chi connectivity index (χ2n) is 6.57. The molecule has 0 bridgehead atoms. The molecule has 0 aliphatic heterocycles. The topological polar surface area (TPSA) is 21.3 Å². The van der Waals surface area contributed by atoms with Gasteiger partial charge in [-0.25, -0.2) is 0 Å². The zero-order valence-electron chi connectivity index (χ0n) is 14.6. The Morgan fingerprint density at radius 3 is 2.64 bits per heavy atom. The van der Waals surface area contributed by atoms with Gasteiger partial charge in [0.2, 0.25) is 0 Å². The zero-order valence-corrected chi connectivity index (χ0v) is 16.2. The van der Waals surface area contributed by atoms with Crippen molar-refractivity contribution >= 4 is 15.9 Å². The van der Waals surface area contributed by atoms with Crippen LogP contribution in [0, 0.1) is 0 Å². The van der Waals surface area contributed by atoms with Gasteiger partial charge in [-0.15, -0.1) is 0 Å². The lowest BCUT2D eigenvalue weighted by Gasteiger charge is -2.13. The van der Waals surface area contributed by atoms with Crippen LogP contribution >= 0.6 is 15.9 Å². The summed E-state index contributed by atoms with van der Waals surface area (Å²) in [5.41, 5.74) is 4.08. The van der Waals surface area contributed by atoms with E-state index in [-0.39, 0.29) is 0 Å². The van der Waals surface area contributed by atoms with Gasteiger partial charge in [0.25, 0.3) is 0 Å². The number of hydrogen-bond acceptors (Lipinski definition) is 2. The van der Waals surface area contributed by atoms with Crippen LogP contribution in [0.2, 0.25) is 0 Å². The molecule has 2 aromatic rings. The van der Waals surface area contributed by atoms with Gasteiger partial charge in [0.15, 0.2) is 0 Å². The van der Waals surface area contributed by atoms with Gasteiger partial charge in [0, 0.05) is 6.54 Å². The van der Waals surface area contributed by atoms with E-state index < -0.39 is 0 Å². The lowest BCUT2D eigenvalue weighted by atomic mass is 9.97. The summed E-state index contributed by atoms with van der Waals surface area (Å²) < 4.78 is 6.92. The van der Waals surface area contributed by atoms with Crippen molar-refractivity contribution in [2.75, 3.05) is 6.54 Å². The monoisotopic (exact) mass is 399 g/mol. The summed E-state index contributed by atoms with van der Waals surface area (Å²) in [4.78, 5) is 0. The summed E-state index contributed by atoms with van der Waals surface area (Å²) in [6.45, 7) is 2.53. The molecular weight excluding hydrogens is 374 g/mol. The highest BCUT2D eigenvalue weighted by molar-refractivity contribution is 9.10. The molecular formula is C22H26BrNO. The summed E-state index contributed by atoms with van der Waals surface area (Å²) in [7, 11) is 0. The Morgan fingerprint density at radius 2 is 1.88 bits per heavy atom. The number of nitrogens with one attached hydrogen (secondary N) is 1. The molecule has 132 valence electrons. The van der Waals surface area contributed by atoms with Gasteiger partial charge < -0.3 is 10.1 Å². The number of rotatable bonds is 8. The maximum absolute atomic E-state index is 5.91. The van der Waals surface area contributed by atoms with E-state index >= 15 is 0 Å². The van der Waals surface area contributed by atoms with Crippen molar-refractivity contribution in [1.82, 2.24) is 5.32 Å². The molecule has 0 heterocycles. The fourth-order valence-electron chi connectivity index (χ4n) is 3.12. The van der Waals surface area contributed by atoms with Crippen molar-refractivity contribution in [2.45, 2.75) is 45.3 Å². The molecule has 0 aromatic heterocycles. The van der Waals surface area contributed by atoms with Crippen LogP contribution in [0.25, 0.3) is 0 Å². The summed E-state index contributed by atoms with van der Waals surface area (Å²) in [6, 6.07) is 16.6. The molecule has 0 unspecified atom stereocenters. The first-order valence-electron chi connectivity index (χ1n) is 9.15.